The lowest BCUT2D eigenvalue weighted by molar-refractivity contribution is -0.152. The normalized spacial score (nSPS) is 15.8. The zero-order valence-electron chi connectivity index (χ0n) is 14.6. The highest BCUT2D eigenvalue weighted by Crippen LogP contribution is 2.29. The number of piperazine rings is 1. The van der Waals surface area contributed by atoms with Gasteiger partial charge in [-0.3, -0.25) is 19.4 Å². The molecule has 1 heterocycles. The maximum atomic E-state index is 12.6. The van der Waals surface area contributed by atoms with Crippen molar-refractivity contribution in [1.82, 2.24) is 9.80 Å². The highest BCUT2D eigenvalue weighted by molar-refractivity contribution is 5.99. The van der Waals surface area contributed by atoms with Crippen molar-refractivity contribution in [2.45, 2.75) is 25.8 Å². The van der Waals surface area contributed by atoms with Gasteiger partial charge in [-0.25, -0.2) is 0 Å². The molecule has 0 unspecified atom stereocenters. The summed E-state index contributed by atoms with van der Waals surface area (Å²) in [6.45, 7) is 3.13. The molecular formula is C21H24N2O2. The highest BCUT2D eigenvalue weighted by atomic mass is 16.2. The fourth-order valence-corrected chi connectivity index (χ4v) is 3.35. The van der Waals surface area contributed by atoms with E-state index in [4.69, 9.17) is 0 Å². The molecule has 0 spiro atoms. The van der Waals surface area contributed by atoms with E-state index in [-0.39, 0.29) is 30.9 Å². The average molecular weight is 336 g/mol. The van der Waals surface area contributed by atoms with E-state index in [1.54, 1.807) is 0 Å². The van der Waals surface area contributed by atoms with Crippen molar-refractivity contribution in [2.75, 3.05) is 19.6 Å². The average Bonchev–Trinajstić information content (AvgIpc) is 2.63. The van der Waals surface area contributed by atoms with Crippen LogP contribution in [0.5, 0.6) is 0 Å². The van der Waals surface area contributed by atoms with Crippen molar-refractivity contribution in [3.8, 4) is 0 Å². The number of nitrogens with zero attached hydrogens (tertiary/aromatic N) is 2. The Balaban J connectivity index is 1.88. The van der Waals surface area contributed by atoms with E-state index in [0.29, 0.717) is 6.54 Å². The fraction of sp³-hybridized carbons (Fsp3) is 0.333. The summed E-state index contributed by atoms with van der Waals surface area (Å²) in [5.41, 5.74) is 2.19. The first-order valence-corrected chi connectivity index (χ1v) is 8.88. The van der Waals surface area contributed by atoms with E-state index < -0.39 is 0 Å². The zero-order valence-corrected chi connectivity index (χ0v) is 14.6. The van der Waals surface area contributed by atoms with Crippen LogP contribution in [0.2, 0.25) is 0 Å². The number of rotatable bonds is 6. The third kappa shape index (κ3) is 3.97. The zero-order chi connectivity index (χ0) is 17.6. The largest absolute Gasteiger partial charge is 0.280 e. The molecule has 2 aromatic carbocycles. The first-order chi connectivity index (χ1) is 12.2. The van der Waals surface area contributed by atoms with Gasteiger partial charge in [-0.05, 0) is 17.5 Å². The van der Waals surface area contributed by atoms with Crippen LogP contribution in [0, 0.1) is 0 Å². The van der Waals surface area contributed by atoms with Gasteiger partial charge in [0.25, 0.3) is 0 Å². The monoisotopic (exact) mass is 336 g/mol. The van der Waals surface area contributed by atoms with Gasteiger partial charge in [-0.1, -0.05) is 74.0 Å². The fourth-order valence-electron chi connectivity index (χ4n) is 3.35. The van der Waals surface area contributed by atoms with Crippen LogP contribution in [0.3, 0.4) is 0 Å². The number of hydrogen-bond donors (Lipinski definition) is 0. The van der Waals surface area contributed by atoms with Gasteiger partial charge in [0, 0.05) is 6.54 Å². The molecule has 0 aromatic heterocycles. The molecule has 0 atom stereocenters. The van der Waals surface area contributed by atoms with E-state index in [0.717, 1.165) is 24.0 Å². The number of benzene rings is 2. The summed E-state index contributed by atoms with van der Waals surface area (Å²) in [7, 11) is 0. The predicted molar refractivity (Wildman–Crippen MR) is 97.9 cm³/mol. The standard InChI is InChI=1S/C21H24N2O2/c1-2-3-14-23-19(24)15-22(16-20(23)25)21(17-10-6-4-7-11-17)18-12-8-5-9-13-18/h4-13,21H,2-3,14-16H2,1H3. The Morgan fingerprint density at radius 2 is 1.32 bits per heavy atom. The van der Waals surface area contributed by atoms with Gasteiger partial charge in [0.05, 0.1) is 19.1 Å². The second-order valence-corrected chi connectivity index (χ2v) is 6.42. The van der Waals surface area contributed by atoms with Crippen LogP contribution in [0.15, 0.2) is 60.7 Å². The van der Waals surface area contributed by atoms with Crippen molar-refractivity contribution in [3.05, 3.63) is 71.8 Å². The summed E-state index contributed by atoms with van der Waals surface area (Å²) in [6.07, 6.45) is 1.83. The molecule has 0 bridgehead atoms. The minimum atomic E-state index is -0.0958. The molecule has 130 valence electrons. The molecule has 0 N–H and O–H groups in total. The second kappa shape index (κ2) is 8.08. The number of hydrogen-bond acceptors (Lipinski definition) is 3. The smallest absolute Gasteiger partial charge is 0.243 e. The van der Waals surface area contributed by atoms with Crippen LogP contribution in [-0.4, -0.2) is 41.2 Å². The number of carbonyl (C=O) groups excluding carboxylic acids is 2. The second-order valence-electron chi connectivity index (χ2n) is 6.42. The summed E-state index contributed by atoms with van der Waals surface area (Å²) in [4.78, 5) is 28.5. The highest BCUT2D eigenvalue weighted by Gasteiger charge is 2.35. The Labute approximate surface area is 149 Å². The Hall–Kier alpha value is -2.46. The minimum absolute atomic E-state index is 0.0939. The van der Waals surface area contributed by atoms with E-state index in [2.05, 4.69) is 31.2 Å². The summed E-state index contributed by atoms with van der Waals surface area (Å²) in [5, 5.41) is 0. The maximum Gasteiger partial charge on any atom is 0.243 e. The van der Waals surface area contributed by atoms with Crippen LogP contribution in [0.1, 0.15) is 36.9 Å². The Morgan fingerprint density at radius 1 is 0.840 bits per heavy atom. The first-order valence-electron chi connectivity index (χ1n) is 8.88. The number of carbonyl (C=O) groups is 2. The lowest BCUT2D eigenvalue weighted by atomic mass is 9.96. The van der Waals surface area contributed by atoms with Crippen LogP contribution in [0.25, 0.3) is 0 Å². The molecule has 0 aliphatic carbocycles. The SMILES string of the molecule is CCCCN1C(=O)CN(C(c2ccccc2)c2ccccc2)CC1=O. The van der Waals surface area contributed by atoms with E-state index in [9.17, 15) is 9.59 Å². The summed E-state index contributed by atoms with van der Waals surface area (Å²) < 4.78 is 0. The number of unbranched alkanes of at least 4 members (excludes halogenated alkanes) is 1. The quantitative estimate of drug-likeness (QED) is 0.760. The first kappa shape index (κ1) is 17.4. The molecular weight excluding hydrogens is 312 g/mol. The third-order valence-electron chi connectivity index (χ3n) is 4.61. The molecule has 3 rings (SSSR count). The molecule has 25 heavy (non-hydrogen) atoms. The van der Waals surface area contributed by atoms with Gasteiger partial charge in [-0.15, -0.1) is 0 Å². The molecule has 1 aliphatic rings. The summed E-state index contributed by atoms with van der Waals surface area (Å²) >= 11 is 0. The number of imide groups is 1. The summed E-state index contributed by atoms with van der Waals surface area (Å²) in [6, 6.07) is 20.0. The van der Waals surface area contributed by atoms with Gasteiger partial charge in [0.1, 0.15) is 0 Å². The van der Waals surface area contributed by atoms with Gasteiger partial charge >= 0.3 is 0 Å². The third-order valence-corrected chi connectivity index (χ3v) is 4.61. The van der Waals surface area contributed by atoms with E-state index >= 15 is 0 Å². The van der Waals surface area contributed by atoms with Gasteiger partial charge in [0.2, 0.25) is 11.8 Å². The molecule has 4 nitrogen and oxygen atoms in total. The van der Waals surface area contributed by atoms with Crippen molar-refractivity contribution in [2.24, 2.45) is 0 Å². The van der Waals surface area contributed by atoms with Crippen LogP contribution >= 0.6 is 0 Å². The number of amides is 2. The van der Waals surface area contributed by atoms with Crippen molar-refractivity contribution in [3.63, 3.8) is 0 Å². The maximum absolute atomic E-state index is 12.6. The van der Waals surface area contributed by atoms with E-state index in [1.165, 1.54) is 4.90 Å². The molecule has 2 amide bonds. The van der Waals surface area contributed by atoms with Gasteiger partial charge in [0.15, 0.2) is 0 Å². The Morgan fingerprint density at radius 3 is 1.76 bits per heavy atom. The molecule has 1 aliphatic heterocycles. The Kier molecular flexibility index (Phi) is 5.61. The van der Waals surface area contributed by atoms with E-state index in [1.807, 2.05) is 41.3 Å². The molecule has 1 saturated heterocycles. The molecule has 0 radical (unpaired) electrons. The van der Waals surface area contributed by atoms with Crippen LogP contribution < -0.4 is 0 Å². The summed E-state index contributed by atoms with van der Waals surface area (Å²) in [5.74, 6) is -0.192. The molecule has 4 heteroatoms. The lowest BCUT2D eigenvalue weighted by Gasteiger charge is -2.38. The van der Waals surface area contributed by atoms with Gasteiger partial charge < -0.3 is 0 Å². The van der Waals surface area contributed by atoms with Gasteiger partial charge in [-0.2, -0.15) is 0 Å². The Bertz CT molecular complexity index is 658. The lowest BCUT2D eigenvalue weighted by Crippen LogP contribution is -2.55. The predicted octanol–water partition coefficient (Wildman–Crippen LogP) is 3.25. The van der Waals surface area contributed by atoms with Crippen molar-refractivity contribution >= 4 is 11.8 Å². The van der Waals surface area contributed by atoms with Crippen molar-refractivity contribution in [1.29, 1.82) is 0 Å². The van der Waals surface area contributed by atoms with Crippen molar-refractivity contribution < 1.29 is 9.59 Å². The topological polar surface area (TPSA) is 40.6 Å². The minimum Gasteiger partial charge on any atom is -0.280 e. The molecule has 0 saturated carbocycles. The van der Waals surface area contributed by atoms with Crippen LogP contribution in [-0.2, 0) is 9.59 Å². The molecule has 2 aromatic rings. The molecule has 1 fully saturated rings. The van der Waals surface area contributed by atoms with Crippen LogP contribution in [0.4, 0.5) is 0 Å².